The first kappa shape index (κ1) is 27.9. The fourth-order valence-electron chi connectivity index (χ4n) is 3.94. The molecule has 1 N–H and O–H groups in total. The molecular formula is C28H34N2O6S. The van der Waals surface area contributed by atoms with Crippen LogP contribution in [0, 0.1) is 6.92 Å². The van der Waals surface area contributed by atoms with E-state index in [2.05, 4.69) is 5.32 Å². The minimum Gasteiger partial charge on any atom is -0.493 e. The number of carbonyl (C=O) groups excluding carboxylic acids is 1. The number of para-hydroxylation sites is 2. The highest BCUT2D eigenvalue weighted by molar-refractivity contribution is 7.92. The molecule has 0 heterocycles. The summed E-state index contributed by atoms with van der Waals surface area (Å²) in [5.41, 5.74) is 2.04. The molecule has 9 heteroatoms. The standard InChI is InChI=1S/C28H34N2O6S/c1-6-23(21-14-17-26(34-4)27(18-21)35-5)29-28(31)19-30(24-10-8-9-11-25(24)36-7-2)37(32,33)22-15-12-20(3)13-16-22/h8-18,23H,6-7,19H2,1-5H3,(H,29,31). The van der Waals surface area contributed by atoms with Crippen molar-refractivity contribution < 1.29 is 27.4 Å². The zero-order chi connectivity index (χ0) is 27.0. The largest absolute Gasteiger partial charge is 0.493 e. The van der Waals surface area contributed by atoms with Crippen LogP contribution in [0.5, 0.6) is 17.2 Å². The summed E-state index contributed by atoms with van der Waals surface area (Å²) in [6, 6.07) is 18.4. The summed E-state index contributed by atoms with van der Waals surface area (Å²) >= 11 is 0. The van der Waals surface area contributed by atoms with Gasteiger partial charge < -0.3 is 19.5 Å². The fourth-order valence-corrected chi connectivity index (χ4v) is 5.37. The lowest BCUT2D eigenvalue weighted by Gasteiger charge is -2.27. The highest BCUT2D eigenvalue weighted by atomic mass is 32.2. The molecule has 0 spiro atoms. The number of sulfonamides is 1. The summed E-state index contributed by atoms with van der Waals surface area (Å²) in [5, 5.41) is 2.97. The molecule has 0 radical (unpaired) electrons. The van der Waals surface area contributed by atoms with E-state index in [9.17, 15) is 13.2 Å². The zero-order valence-electron chi connectivity index (χ0n) is 21.9. The molecule has 1 amide bonds. The number of carbonyl (C=O) groups is 1. The van der Waals surface area contributed by atoms with Crippen LogP contribution in [0.1, 0.15) is 37.4 Å². The number of rotatable bonds is 12. The second kappa shape index (κ2) is 12.5. The maximum absolute atomic E-state index is 13.8. The molecule has 0 saturated carbocycles. The van der Waals surface area contributed by atoms with Gasteiger partial charge in [-0.15, -0.1) is 0 Å². The minimum atomic E-state index is -4.08. The van der Waals surface area contributed by atoms with Crippen LogP contribution in [-0.4, -0.2) is 41.7 Å². The van der Waals surface area contributed by atoms with Crippen LogP contribution < -0.4 is 23.8 Å². The second-order valence-corrected chi connectivity index (χ2v) is 10.2. The third-order valence-electron chi connectivity index (χ3n) is 5.88. The number of hydrogen-bond acceptors (Lipinski definition) is 6. The first-order valence-electron chi connectivity index (χ1n) is 12.1. The number of aryl methyl sites for hydroxylation is 1. The quantitative estimate of drug-likeness (QED) is 0.362. The number of nitrogens with one attached hydrogen (secondary N) is 1. The van der Waals surface area contributed by atoms with Crippen molar-refractivity contribution in [2.45, 2.75) is 38.1 Å². The Balaban J connectivity index is 1.96. The molecule has 1 unspecified atom stereocenters. The van der Waals surface area contributed by atoms with E-state index in [4.69, 9.17) is 14.2 Å². The van der Waals surface area contributed by atoms with Crippen molar-refractivity contribution in [1.29, 1.82) is 0 Å². The van der Waals surface area contributed by atoms with Gasteiger partial charge in [0.1, 0.15) is 12.3 Å². The monoisotopic (exact) mass is 526 g/mol. The van der Waals surface area contributed by atoms with Crippen LogP contribution in [-0.2, 0) is 14.8 Å². The Morgan fingerprint density at radius 3 is 2.22 bits per heavy atom. The Bertz CT molecular complexity index is 1310. The van der Waals surface area contributed by atoms with Crippen molar-refractivity contribution in [2.24, 2.45) is 0 Å². The number of ether oxygens (including phenoxy) is 3. The summed E-state index contributed by atoms with van der Waals surface area (Å²) in [6.07, 6.45) is 0.585. The van der Waals surface area contributed by atoms with E-state index in [1.54, 1.807) is 62.8 Å². The van der Waals surface area contributed by atoms with Gasteiger partial charge in [0.15, 0.2) is 11.5 Å². The maximum atomic E-state index is 13.8. The fraction of sp³-hybridized carbons (Fsp3) is 0.321. The molecule has 0 aliphatic rings. The first-order valence-corrected chi connectivity index (χ1v) is 13.5. The number of benzene rings is 3. The van der Waals surface area contributed by atoms with Gasteiger partial charge in [0.25, 0.3) is 10.0 Å². The van der Waals surface area contributed by atoms with E-state index in [-0.39, 0.29) is 10.9 Å². The van der Waals surface area contributed by atoms with E-state index in [0.717, 1.165) is 15.4 Å². The molecule has 1 atom stereocenters. The Morgan fingerprint density at radius 1 is 0.919 bits per heavy atom. The van der Waals surface area contributed by atoms with E-state index >= 15 is 0 Å². The van der Waals surface area contributed by atoms with Crippen LogP contribution in [0.2, 0.25) is 0 Å². The molecule has 0 aliphatic heterocycles. The third kappa shape index (κ3) is 6.54. The van der Waals surface area contributed by atoms with Gasteiger partial charge in [-0.25, -0.2) is 8.42 Å². The molecule has 0 bridgehead atoms. The van der Waals surface area contributed by atoms with Crippen molar-refractivity contribution >= 4 is 21.6 Å². The van der Waals surface area contributed by atoms with Gasteiger partial charge in [0, 0.05) is 0 Å². The van der Waals surface area contributed by atoms with Crippen molar-refractivity contribution in [2.75, 3.05) is 31.7 Å². The van der Waals surface area contributed by atoms with Crippen molar-refractivity contribution in [3.05, 3.63) is 77.9 Å². The number of methoxy groups -OCH3 is 2. The predicted molar refractivity (Wildman–Crippen MR) is 144 cm³/mol. The summed E-state index contributed by atoms with van der Waals surface area (Å²) < 4.78 is 45.1. The van der Waals surface area contributed by atoms with Crippen molar-refractivity contribution in [3.63, 3.8) is 0 Å². The van der Waals surface area contributed by atoms with Gasteiger partial charge in [0.05, 0.1) is 37.5 Å². The summed E-state index contributed by atoms with van der Waals surface area (Å²) in [7, 11) is -0.976. The topological polar surface area (TPSA) is 94.2 Å². The number of amides is 1. The Kier molecular flexibility index (Phi) is 9.41. The van der Waals surface area contributed by atoms with Crippen molar-refractivity contribution in [1.82, 2.24) is 5.32 Å². The molecule has 0 aromatic heterocycles. The van der Waals surface area contributed by atoms with Gasteiger partial charge >= 0.3 is 0 Å². The molecule has 0 aliphatic carbocycles. The third-order valence-corrected chi connectivity index (χ3v) is 7.66. The molecule has 3 aromatic rings. The minimum absolute atomic E-state index is 0.0872. The molecule has 3 aromatic carbocycles. The Labute approximate surface area is 219 Å². The van der Waals surface area contributed by atoms with E-state index in [0.29, 0.717) is 36.0 Å². The van der Waals surface area contributed by atoms with Gasteiger partial charge in [0.2, 0.25) is 5.91 Å². The van der Waals surface area contributed by atoms with Gasteiger partial charge in [-0.05, 0) is 62.2 Å². The van der Waals surface area contributed by atoms with Gasteiger partial charge in [-0.2, -0.15) is 0 Å². The second-order valence-electron chi connectivity index (χ2n) is 8.37. The highest BCUT2D eigenvalue weighted by Crippen LogP contribution is 2.33. The molecule has 37 heavy (non-hydrogen) atoms. The van der Waals surface area contributed by atoms with Crippen molar-refractivity contribution in [3.8, 4) is 17.2 Å². The Hall–Kier alpha value is -3.72. The number of nitrogens with zero attached hydrogens (tertiary/aromatic N) is 1. The van der Waals surface area contributed by atoms with Gasteiger partial charge in [-0.3, -0.25) is 9.10 Å². The summed E-state index contributed by atoms with van der Waals surface area (Å²) in [4.78, 5) is 13.4. The predicted octanol–water partition coefficient (Wildman–Crippen LogP) is 4.87. The first-order chi connectivity index (χ1) is 17.7. The molecule has 198 valence electrons. The molecule has 0 fully saturated rings. The highest BCUT2D eigenvalue weighted by Gasteiger charge is 2.30. The molecule has 0 saturated heterocycles. The van der Waals surface area contributed by atoms with Gasteiger partial charge in [-0.1, -0.05) is 42.8 Å². The van der Waals surface area contributed by atoms with Crippen LogP contribution in [0.25, 0.3) is 0 Å². The molecule has 3 rings (SSSR count). The van der Waals surface area contributed by atoms with E-state index in [1.165, 1.54) is 12.1 Å². The van der Waals surface area contributed by atoms with Crippen LogP contribution >= 0.6 is 0 Å². The maximum Gasteiger partial charge on any atom is 0.264 e. The summed E-state index contributed by atoms with van der Waals surface area (Å²) in [6.45, 7) is 5.55. The normalized spacial score (nSPS) is 11.9. The zero-order valence-corrected chi connectivity index (χ0v) is 22.7. The van der Waals surface area contributed by atoms with E-state index < -0.39 is 22.5 Å². The Morgan fingerprint density at radius 2 is 1.59 bits per heavy atom. The smallest absolute Gasteiger partial charge is 0.264 e. The van der Waals surface area contributed by atoms with Crippen LogP contribution in [0.4, 0.5) is 5.69 Å². The summed E-state index contributed by atoms with van der Waals surface area (Å²) in [5.74, 6) is 1.04. The SMILES string of the molecule is CCOc1ccccc1N(CC(=O)NC(CC)c1ccc(OC)c(OC)c1)S(=O)(=O)c1ccc(C)cc1. The molecular weight excluding hydrogens is 492 g/mol. The lowest BCUT2D eigenvalue weighted by Crippen LogP contribution is -2.42. The average molecular weight is 527 g/mol. The number of hydrogen-bond donors (Lipinski definition) is 1. The van der Waals surface area contributed by atoms with E-state index in [1.807, 2.05) is 26.8 Å². The lowest BCUT2D eigenvalue weighted by atomic mass is 10.0. The number of anilines is 1. The molecule has 8 nitrogen and oxygen atoms in total. The van der Waals surface area contributed by atoms with Crippen LogP contribution in [0.3, 0.4) is 0 Å². The van der Waals surface area contributed by atoms with Crippen LogP contribution in [0.15, 0.2) is 71.6 Å². The lowest BCUT2D eigenvalue weighted by molar-refractivity contribution is -0.120. The average Bonchev–Trinajstić information content (AvgIpc) is 2.90.